The molecule has 0 aliphatic carbocycles. The first-order valence-electron chi connectivity index (χ1n) is 6.59. The lowest BCUT2D eigenvalue weighted by Gasteiger charge is -2.37. The first-order chi connectivity index (χ1) is 11.2. The molecule has 0 aromatic rings. The van der Waals surface area contributed by atoms with E-state index in [1.807, 2.05) is 0 Å². The van der Waals surface area contributed by atoms with Crippen LogP contribution in [0.4, 0.5) is 9.59 Å². The summed E-state index contributed by atoms with van der Waals surface area (Å²) in [5, 5.41) is 2.20. The summed E-state index contributed by atoms with van der Waals surface area (Å²) in [7, 11) is 0. The third-order valence-corrected chi connectivity index (χ3v) is 4.20. The van der Waals surface area contributed by atoms with Gasteiger partial charge in [0.05, 0.1) is 5.88 Å². The van der Waals surface area contributed by atoms with E-state index in [9.17, 15) is 28.8 Å². The first kappa shape index (κ1) is 18.1. The lowest BCUT2D eigenvalue weighted by atomic mass is 10.00. The van der Waals surface area contributed by atoms with Gasteiger partial charge in [-0.25, -0.2) is 24.3 Å². The fourth-order valence-corrected chi connectivity index (χ4v) is 3.26. The van der Waals surface area contributed by atoms with Gasteiger partial charge in [0.2, 0.25) is 23.4 Å². The maximum atomic E-state index is 12.6. The summed E-state index contributed by atoms with van der Waals surface area (Å²) in [5.74, 6) is -5.22. The Hall–Kier alpha value is -2.20. The Bertz CT molecular complexity index is 682. The number of hydrogen-bond acceptors (Lipinski definition) is 6. The summed E-state index contributed by atoms with van der Waals surface area (Å²) in [6.45, 7) is 1.96. The molecule has 2 aliphatic heterocycles. The highest BCUT2D eigenvalue weighted by Crippen LogP contribution is 2.40. The Kier molecular flexibility index (Phi) is 4.55. The lowest BCUT2D eigenvalue weighted by Crippen LogP contribution is -2.68. The minimum atomic E-state index is -2.40. The van der Waals surface area contributed by atoms with Crippen molar-refractivity contribution in [1.82, 2.24) is 20.0 Å². The van der Waals surface area contributed by atoms with E-state index < -0.39 is 59.2 Å². The molecule has 0 spiro atoms. The van der Waals surface area contributed by atoms with Crippen LogP contribution in [0.5, 0.6) is 0 Å². The Balaban J connectivity index is 2.81. The van der Waals surface area contributed by atoms with E-state index in [-0.39, 0.29) is 0 Å². The molecule has 2 saturated heterocycles. The summed E-state index contributed by atoms with van der Waals surface area (Å²) in [4.78, 5) is 74.5. The van der Waals surface area contributed by atoms with Gasteiger partial charge in [0.25, 0.3) is 0 Å². The van der Waals surface area contributed by atoms with Gasteiger partial charge < -0.3 is 5.32 Å². The number of carbonyl (C=O) groups excluding carboxylic acids is 6. The van der Waals surface area contributed by atoms with Gasteiger partial charge in [-0.2, -0.15) is 0 Å². The average Bonchev–Trinajstić information content (AvgIpc) is 2.92. The van der Waals surface area contributed by atoms with Crippen molar-refractivity contribution in [1.29, 1.82) is 0 Å². The van der Waals surface area contributed by atoms with Crippen molar-refractivity contribution in [3.63, 3.8) is 0 Å². The van der Waals surface area contributed by atoms with E-state index in [0.29, 0.717) is 14.7 Å². The summed E-state index contributed by atoms with van der Waals surface area (Å²) < 4.78 is 0. The third kappa shape index (κ3) is 2.09. The number of hydrogen-bond donors (Lipinski definition) is 1. The molecule has 2 aliphatic rings. The van der Waals surface area contributed by atoms with Crippen molar-refractivity contribution in [2.75, 3.05) is 11.8 Å². The highest BCUT2D eigenvalue weighted by molar-refractivity contribution is 6.33. The molecule has 2 unspecified atom stereocenters. The van der Waals surface area contributed by atoms with Crippen molar-refractivity contribution in [2.24, 2.45) is 0 Å². The summed E-state index contributed by atoms with van der Waals surface area (Å²) >= 11 is 11.1. The number of ketones is 1. The van der Waals surface area contributed by atoms with Gasteiger partial charge in [-0.05, 0) is 0 Å². The molecule has 0 saturated carbocycles. The predicted octanol–water partition coefficient (Wildman–Crippen LogP) is -0.562. The summed E-state index contributed by atoms with van der Waals surface area (Å²) in [5.41, 5.74) is -2.40. The van der Waals surface area contributed by atoms with E-state index in [2.05, 4.69) is 5.32 Å². The molecule has 12 heteroatoms. The molecule has 2 rings (SSSR count). The van der Waals surface area contributed by atoms with Crippen LogP contribution in [0.25, 0.3) is 0 Å². The van der Waals surface area contributed by atoms with Gasteiger partial charge in [0.1, 0.15) is 5.88 Å². The number of Topliss-reactive ketones (excluding diaryl/α,β-unsaturated/α-hetero) is 1. The molecule has 0 radical (unpaired) electrons. The summed E-state index contributed by atoms with van der Waals surface area (Å²) in [6.07, 6.45) is -1.59. The molecule has 2 atom stereocenters. The van der Waals surface area contributed by atoms with Crippen LogP contribution >= 0.6 is 23.2 Å². The van der Waals surface area contributed by atoms with Crippen molar-refractivity contribution in [2.45, 2.75) is 25.7 Å². The van der Waals surface area contributed by atoms with E-state index in [1.165, 1.54) is 0 Å². The van der Waals surface area contributed by atoms with Crippen LogP contribution in [-0.2, 0) is 19.2 Å². The smallest absolute Gasteiger partial charge is 0.312 e. The molecule has 2 fully saturated rings. The normalized spacial score (nSPS) is 25.7. The predicted molar refractivity (Wildman–Crippen MR) is 78.8 cm³/mol. The van der Waals surface area contributed by atoms with Crippen LogP contribution in [0.3, 0.4) is 0 Å². The fourth-order valence-electron chi connectivity index (χ4n) is 2.94. The largest absolute Gasteiger partial charge is 0.337 e. The van der Waals surface area contributed by atoms with Gasteiger partial charge in [0, 0.05) is 13.8 Å². The van der Waals surface area contributed by atoms with Gasteiger partial charge in [0.15, 0.2) is 11.9 Å². The number of nitrogens with one attached hydrogen (secondary N) is 1. The van der Waals surface area contributed by atoms with Gasteiger partial charge in [-0.15, -0.1) is 23.2 Å². The minimum Gasteiger partial charge on any atom is -0.312 e. The SMILES string of the molecule is CC(=O)N1C(=O)N(C(C)=O)C2(C(=O)CCl)C1NC(=O)N2C(=O)CCl. The quantitative estimate of drug-likeness (QED) is 0.656. The third-order valence-electron chi connectivity index (χ3n) is 3.73. The number of halogens is 2. The molecule has 0 aromatic heterocycles. The Labute approximate surface area is 145 Å². The second kappa shape index (κ2) is 6.02. The van der Waals surface area contributed by atoms with Crippen LogP contribution in [-0.4, -0.2) is 73.9 Å². The second-order valence-corrected chi connectivity index (χ2v) is 5.56. The highest BCUT2D eigenvalue weighted by atomic mass is 35.5. The number of amides is 7. The Morgan fingerprint density at radius 3 is 2.04 bits per heavy atom. The maximum absolute atomic E-state index is 12.6. The average molecular weight is 379 g/mol. The van der Waals surface area contributed by atoms with E-state index >= 15 is 0 Å². The topological polar surface area (TPSA) is 124 Å². The van der Waals surface area contributed by atoms with Crippen molar-refractivity contribution >= 4 is 58.8 Å². The van der Waals surface area contributed by atoms with Crippen molar-refractivity contribution < 1.29 is 28.8 Å². The monoisotopic (exact) mass is 378 g/mol. The minimum absolute atomic E-state index is 0.373. The number of imide groups is 3. The number of alkyl halides is 2. The van der Waals surface area contributed by atoms with E-state index in [1.54, 1.807) is 0 Å². The molecule has 130 valence electrons. The highest BCUT2D eigenvalue weighted by Gasteiger charge is 2.73. The Morgan fingerprint density at radius 1 is 1.04 bits per heavy atom. The molecule has 10 nitrogen and oxygen atoms in total. The van der Waals surface area contributed by atoms with Gasteiger partial charge in [-0.1, -0.05) is 0 Å². The zero-order valence-corrected chi connectivity index (χ0v) is 14.1. The van der Waals surface area contributed by atoms with Crippen LogP contribution in [0, 0.1) is 0 Å². The second-order valence-electron chi connectivity index (χ2n) is 5.02. The molecule has 24 heavy (non-hydrogen) atoms. The maximum Gasteiger partial charge on any atom is 0.337 e. The molecule has 0 bridgehead atoms. The van der Waals surface area contributed by atoms with Crippen LogP contribution in [0.15, 0.2) is 0 Å². The molecular weight excluding hydrogens is 367 g/mol. The number of urea groups is 2. The Morgan fingerprint density at radius 2 is 1.62 bits per heavy atom. The fraction of sp³-hybridized carbons (Fsp3) is 0.500. The number of carbonyl (C=O) groups is 6. The van der Waals surface area contributed by atoms with E-state index in [0.717, 1.165) is 13.8 Å². The lowest BCUT2D eigenvalue weighted by molar-refractivity contribution is -0.153. The summed E-state index contributed by atoms with van der Waals surface area (Å²) in [6, 6.07) is -2.22. The zero-order valence-electron chi connectivity index (χ0n) is 12.5. The van der Waals surface area contributed by atoms with Crippen LogP contribution in [0.1, 0.15) is 13.8 Å². The molecule has 0 aromatic carbocycles. The van der Waals surface area contributed by atoms with E-state index in [4.69, 9.17) is 23.2 Å². The van der Waals surface area contributed by atoms with Crippen molar-refractivity contribution in [3.8, 4) is 0 Å². The molecule has 2 heterocycles. The number of rotatable bonds is 3. The first-order valence-corrected chi connectivity index (χ1v) is 7.66. The van der Waals surface area contributed by atoms with Gasteiger partial charge >= 0.3 is 12.1 Å². The molecule has 7 amide bonds. The number of nitrogens with zero attached hydrogens (tertiary/aromatic N) is 3. The number of fused-ring (bicyclic) bond motifs is 1. The molecular formula is C12H12Cl2N4O6. The standard InChI is InChI=1S/C12H12Cl2N4O6/c1-5(19)16-9-12(7(21)3-13,17(6(2)20)11(16)24)18(8(22)4-14)10(23)15-9/h9H,3-4H2,1-2H3,(H,15,23). The van der Waals surface area contributed by atoms with Crippen LogP contribution in [0.2, 0.25) is 0 Å². The van der Waals surface area contributed by atoms with Crippen LogP contribution < -0.4 is 5.32 Å². The zero-order chi connectivity index (χ0) is 18.4. The molecule has 1 N–H and O–H groups in total. The van der Waals surface area contributed by atoms with Gasteiger partial charge in [-0.3, -0.25) is 19.2 Å². The van der Waals surface area contributed by atoms with Crippen molar-refractivity contribution in [3.05, 3.63) is 0 Å².